The molecule has 0 unspecified atom stereocenters. The van der Waals surface area contributed by atoms with Gasteiger partial charge in [0.05, 0.1) is 12.8 Å². The molecule has 3 nitrogen and oxygen atoms in total. The van der Waals surface area contributed by atoms with Gasteiger partial charge in [-0.05, 0) is 35.0 Å². The molecular weight excluding hydrogens is 248 g/mol. The summed E-state index contributed by atoms with van der Waals surface area (Å²) in [5.74, 6) is 0.719. The zero-order valence-corrected chi connectivity index (χ0v) is 11.2. The number of nitrogens with zero attached hydrogens (tertiary/aromatic N) is 2. The molecule has 0 aliphatic carbocycles. The highest BCUT2D eigenvalue weighted by molar-refractivity contribution is 5.85. The summed E-state index contributed by atoms with van der Waals surface area (Å²) < 4.78 is 5.25. The molecule has 3 rings (SSSR count). The Morgan fingerprint density at radius 3 is 2.35 bits per heavy atom. The van der Waals surface area contributed by atoms with Crippen molar-refractivity contribution in [3.05, 3.63) is 66.7 Å². The highest BCUT2D eigenvalue weighted by atomic mass is 16.5. The minimum atomic E-state index is 0.719. The minimum absolute atomic E-state index is 0.719. The van der Waals surface area contributed by atoms with Crippen LogP contribution < -0.4 is 4.74 Å². The molecule has 0 radical (unpaired) electrons. The molecule has 0 bridgehead atoms. The molecule has 3 aromatic carbocycles. The summed E-state index contributed by atoms with van der Waals surface area (Å²) in [6.45, 7) is 0. The van der Waals surface area contributed by atoms with Crippen LogP contribution in [0.15, 0.2) is 77.0 Å². The van der Waals surface area contributed by atoms with E-state index in [-0.39, 0.29) is 0 Å². The summed E-state index contributed by atoms with van der Waals surface area (Å²) in [6, 6.07) is 21.8. The lowest BCUT2D eigenvalue weighted by molar-refractivity contribution is 0.416. The molecule has 0 fully saturated rings. The molecule has 0 heterocycles. The average molecular weight is 262 g/mol. The van der Waals surface area contributed by atoms with Gasteiger partial charge in [-0.15, -0.1) is 5.11 Å². The van der Waals surface area contributed by atoms with Crippen molar-refractivity contribution in [2.24, 2.45) is 10.2 Å². The van der Waals surface area contributed by atoms with Gasteiger partial charge in [-0.3, -0.25) is 0 Å². The smallest absolute Gasteiger partial charge is 0.146 e. The SMILES string of the molecule is COc1ccccc1N=Nc1ccc2ccccc2c1. The van der Waals surface area contributed by atoms with Crippen LogP contribution in [0.4, 0.5) is 11.4 Å². The summed E-state index contributed by atoms with van der Waals surface area (Å²) >= 11 is 0. The molecular formula is C17H14N2O. The van der Waals surface area contributed by atoms with Crippen LogP contribution in [0.1, 0.15) is 0 Å². The van der Waals surface area contributed by atoms with Gasteiger partial charge in [-0.2, -0.15) is 5.11 Å². The van der Waals surface area contributed by atoms with Gasteiger partial charge >= 0.3 is 0 Å². The van der Waals surface area contributed by atoms with Crippen molar-refractivity contribution in [1.82, 2.24) is 0 Å². The van der Waals surface area contributed by atoms with Crippen molar-refractivity contribution in [2.75, 3.05) is 7.11 Å². The second-order valence-electron chi connectivity index (χ2n) is 4.40. The number of para-hydroxylation sites is 1. The molecule has 20 heavy (non-hydrogen) atoms. The van der Waals surface area contributed by atoms with Crippen LogP contribution >= 0.6 is 0 Å². The monoisotopic (exact) mass is 262 g/mol. The number of hydrogen-bond acceptors (Lipinski definition) is 3. The lowest BCUT2D eigenvalue weighted by Crippen LogP contribution is -1.81. The van der Waals surface area contributed by atoms with E-state index >= 15 is 0 Å². The number of hydrogen-bond donors (Lipinski definition) is 0. The number of rotatable bonds is 3. The maximum absolute atomic E-state index is 5.25. The fourth-order valence-corrected chi connectivity index (χ4v) is 2.06. The Bertz CT molecular complexity index is 766. The van der Waals surface area contributed by atoms with E-state index in [9.17, 15) is 0 Å². The molecule has 0 spiro atoms. The highest BCUT2D eigenvalue weighted by Gasteiger charge is 1.99. The Hall–Kier alpha value is -2.68. The number of methoxy groups -OCH3 is 1. The van der Waals surface area contributed by atoms with Gasteiger partial charge in [0.15, 0.2) is 0 Å². The van der Waals surface area contributed by atoms with Crippen LogP contribution in [0.25, 0.3) is 10.8 Å². The number of ether oxygens (including phenoxy) is 1. The molecule has 0 N–H and O–H groups in total. The van der Waals surface area contributed by atoms with Crippen LogP contribution in [0.3, 0.4) is 0 Å². The third-order valence-corrected chi connectivity index (χ3v) is 3.09. The molecule has 0 saturated heterocycles. The van der Waals surface area contributed by atoms with E-state index in [2.05, 4.69) is 22.4 Å². The fraction of sp³-hybridized carbons (Fsp3) is 0.0588. The summed E-state index contributed by atoms with van der Waals surface area (Å²) in [6.07, 6.45) is 0. The predicted molar refractivity (Wildman–Crippen MR) is 81.1 cm³/mol. The van der Waals surface area contributed by atoms with Gasteiger partial charge in [0.2, 0.25) is 0 Å². The minimum Gasteiger partial charge on any atom is -0.494 e. The first-order valence-corrected chi connectivity index (χ1v) is 6.40. The van der Waals surface area contributed by atoms with Crippen molar-refractivity contribution in [3.8, 4) is 5.75 Å². The maximum atomic E-state index is 5.25. The zero-order valence-electron chi connectivity index (χ0n) is 11.2. The average Bonchev–Trinajstić information content (AvgIpc) is 2.53. The molecule has 0 amide bonds. The molecule has 0 aliphatic heterocycles. The van der Waals surface area contributed by atoms with Crippen molar-refractivity contribution < 1.29 is 4.74 Å². The van der Waals surface area contributed by atoms with Gasteiger partial charge < -0.3 is 4.74 Å². The van der Waals surface area contributed by atoms with Crippen molar-refractivity contribution in [3.63, 3.8) is 0 Å². The third kappa shape index (κ3) is 2.52. The van der Waals surface area contributed by atoms with E-state index in [0.717, 1.165) is 22.5 Å². The first kappa shape index (κ1) is 12.4. The summed E-state index contributed by atoms with van der Waals surface area (Å²) in [4.78, 5) is 0. The van der Waals surface area contributed by atoms with Crippen LogP contribution in [0.2, 0.25) is 0 Å². The van der Waals surface area contributed by atoms with Crippen molar-refractivity contribution in [2.45, 2.75) is 0 Å². The fourth-order valence-electron chi connectivity index (χ4n) is 2.06. The van der Waals surface area contributed by atoms with Crippen LogP contribution in [-0.4, -0.2) is 7.11 Å². The molecule has 0 saturated carbocycles. The van der Waals surface area contributed by atoms with E-state index < -0.39 is 0 Å². The largest absolute Gasteiger partial charge is 0.494 e. The topological polar surface area (TPSA) is 34.0 Å². The normalized spacial score (nSPS) is 11.1. The van der Waals surface area contributed by atoms with E-state index in [4.69, 9.17) is 4.74 Å². The standard InChI is InChI=1S/C17H14N2O/c1-20-17-9-5-4-8-16(17)19-18-15-11-10-13-6-2-3-7-14(13)12-15/h2-12H,1H3. The first-order chi connectivity index (χ1) is 9.86. The summed E-state index contributed by atoms with van der Waals surface area (Å²) in [5, 5.41) is 10.9. The van der Waals surface area contributed by atoms with E-state index in [0.29, 0.717) is 0 Å². The van der Waals surface area contributed by atoms with E-state index in [1.54, 1.807) is 7.11 Å². The van der Waals surface area contributed by atoms with Gasteiger partial charge in [0.1, 0.15) is 11.4 Å². The lowest BCUT2D eigenvalue weighted by atomic mass is 10.1. The number of benzene rings is 3. The maximum Gasteiger partial charge on any atom is 0.146 e. The van der Waals surface area contributed by atoms with Gasteiger partial charge in [-0.1, -0.05) is 42.5 Å². The Labute approximate surface area is 117 Å². The molecule has 0 aromatic heterocycles. The number of azo groups is 1. The second kappa shape index (κ2) is 5.53. The van der Waals surface area contributed by atoms with Crippen LogP contribution in [0, 0.1) is 0 Å². The Balaban J connectivity index is 1.94. The molecule has 3 heteroatoms. The van der Waals surface area contributed by atoms with Gasteiger partial charge in [0.25, 0.3) is 0 Å². The van der Waals surface area contributed by atoms with Crippen molar-refractivity contribution in [1.29, 1.82) is 0 Å². The quantitative estimate of drug-likeness (QED) is 0.592. The number of fused-ring (bicyclic) bond motifs is 1. The summed E-state index contributed by atoms with van der Waals surface area (Å²) in [5.41, 5.74) is 1.55. The molecule has 0 atom stereocenters. The van der Waals surface area contributed by atoms with Crippen molar-refractivity contribution >= 4 is 22.1 Å². The van der Waals surface area contributed by atoms with E-state index in [1.165, 1.54) is 5.39 Å². The lowest BCUT2D eigenvalue weighted by Gasteiger charge is -2.02. The third-order valence-electron chi connectivity index (χ3n) is 3.09. The Morgan fingerprint density at radius 2 is 1.50 bits per heavy atom. The molecule has 0 aliphatic rings. The molecule has 98 valence electrons. The zero-order chi connectivity index (χ0) is 13.8. The first-order valence-electron chi connectivity index (χ1n) is 6.40. The van der Waals surface area contributed by atoms with Gasteiger partial charge in [-0.25, -0.2) is 0 Å². The second-order valence-corrected chi connectivity index (χ2v) is 4.40. The Kier molecular flexibility index (Phi) is 3.42. The van der Waals surface area contributed by atoms with Crippen LogP contribution in [0.5, 0.6) is 5.75 Å². The predicted octanol–water partition coefficient (Wildman–Crippen LogP) is 5.26. The Morgan fingerprint density at radius 1 is 0.750 bits per heavy atom. The van der Waals surface area contributed by atoms with Crippen LogP contribution in [-0.2, 0) is 0 Å². The highest BCUT2D eigenvalue weighted by Crippen LogP contribution is 2.29. The summed E-state index contributed by atoms with van der Waals surface area (Å²) in [7, 11) is 1.63. The van der Waals surface area contributed by atoms with Gasteiger partial charge in [0, 0.05) is 0 Å². The molecule has 3 aromatic rings. The van der Waals surface area contributed by atoms with E-state index in [1.807, 2.05) is 54.6 Å².